The van der Waals surface area contributed by atoms with Crippen molar-refractivity contribution in [2.75, 3.05) is 6.61 Å². The summed E-state index contributed by atoms with van der Waals surface area (Å²) in [5.74, 6) is 0.647. The summed E-state index contributed by atoms with van der Waals surface area (Å²) >= 11 is 0. The van der Waals surface area contributed by atoms with Crippen molar-refractivity contribution in [2.45, 2.75) is 57.9 Å². The molecule has 1 heterocycles. The summed E-state index contributed by atoms with van der Waals surface area (Å²) in [6, 6.07) is 4.59. The molecule has 2 aromatic rings. The maximum atomic E-state index is 12.9. The smallest absolute Gasteiger partial charge is 0.361 e. The molecule has 0 saturated heterocycles. The molecule has 0 aliphatic heterocycles. The van der Waals surface area contributed by atoms with Crippen molar-refractivity contribution in [3.05, 3.63) is 29.6 Å². The van der Waals surface area contributed by atoms with Gasteiger partial charge in [-0.2, -0.15) is 13.2 Å². The van der Waals surface area contributed by atoms with Gasteiger partial charge in [-0.05, 0) is 30.7 Å². The predicted octanol–water partition coefficient (Wildman–Crippen LogP) is 4.89. The lowest BCUT2D eigenvalue weighted by atomic mass is 10.2. The first-order chi connectivity index (χ1) is 12.1. The number of fused-ring (bicyclic) bond motifs is 1. The third-order valence-electron chi connectivity index (χ3n) is 4.09. The highest BCUT2D eigenvalue weighted by Crippen LogP contribution is 2.31. The molecule has 0 radical (unpaired) electrons. The largest absolute Gasteiger partial charge is 0.416 e. The van der Waals surface area contributed by atoms with Gasteiger partial charge in [0.25, 0.3) is 0 Å². The lowest BCUT2D eigenvalue weighted by Crippen LogP contribution is -2.22. The average Bonchev–Trinajstić information content (AvgIpc) is 2.87. The van der Waals surface area contributed by atoms with E-state index < -0.39 is 19.8 Å². The predicted molar refractivity (Wildman–Crippen MR) is 97.8 cm³/mol. The third kappa shape index (κ3) is 5.67. The monoisotopic (exact) mass is 386 g/mol. The first-order valence-corrected chi connectivity index (χ1v) is 12.4. The summed E-state index contributed by atoms with van der Waals surface area (Å²) in [5.41, 5.74) is 0.204. The number of hydrogen-bond acceptors (Lipinski definition) is 3. The second-order valence-electron chi connectivity index (χ2n) is 7.56. The molecule has 26 heavy (non-hydrogen) atoms. The summed E-state index contributed by atoms with van der Waals surface area (Å²) < 4.78 is 46.4. The Morgan fingerprint density at radius 1 is 1.27 bits per heavy atom. The summed E-state index contributed by atoms with van der Waals surface area (Å²) in [4.78, 5) is 14.9. The van der Waals surface area contributed by atoms with Crippen LogP contribution in [0.15, 0.2) is 18.2 Å². The molecule has 2 rings (SSSR count). The fourth-order valence-corrected chi connectivity index (χ4v) is 3.33. The molecule has 4 nitrogen and oxygen atoms in total. The summed E-state index contributed by atoms with van der Waals surface area (Å²) in [6.45, 7) is 7.64. The van der Waals surface area contributed by atoms with Gasteiger partial charge in [-0.15, -0.1) is 0 Å². The first kappa shape index (κ1) is 20.6. The number of alkyl halides is 3. The number of rotatable bonds is 9. The minimum Gasteiger partial charge on any atom is -0.361 e. The minimum absolute atomic E-state index is 0.253. The van der Waals surface area contributed by atoms with Crippen LogP contribution in [-0.2, 0) is 28.9 Å². The number of benzene rings is 1. The van der Waals surface area contributed by atoms with Crippen LogP contribution in [0.1, 0.15) is 24.2 Å². The first-order valence-electron chi connectivity index (χ1n) is 8.69. The molecule has 144 valence electrons. The standard InChI is InChI=1S/C18H25F3N2O2Si/c1-26(2,3)11-10-25-13-23-16-8-7-14(18(19,20)21)12-15(16)22-17(23)6-4-5-9-24/h7-9,12H,4-6,10-11,13H2,1-3H3. The van der Waals surface area contributed by atoms with Crippen LogP contribution in [0, 0.1) is 0 Å². The molecular weight excluding hydrogens is 361 g/mol. The number of aryl methyl sites for hydroxylation is 1. The third-order valence-corrected chi connectivity index (χ3v) is 5.80. The van der Waals surface area contributed by atoms with Crippen molar-refractivity contribution >= 4 is 25.4 Å². The highest BCUT2D eigenvalue weighted by molar-refractivity contribution is 6.76. The Balaban J connectivity index is 2.25. The number of halogens is 3. The highest BCUT2D eigenvalue weighted by atomic mass is 28.3. The number of nitrogens with zero attached hydrogens (tertiary/aromatic N) is 2. The molecule has 0 N–H and O–H groups in total. The van der Waals surface area contributed by atoms with Crippen molar-refractivity contribution < 1.29 is 22.7 Å². The fourth-order valence-electron chi connectivity index (χ4n) is 2.57. The molecule has 8 heteroatoms. The van der Waals surface area contributed by atoms with E-state index in [4.69, 9.17) is 4.74 Å². The molecule has 0 amide bonds. The lowest BCUT2D eigenvalue weighted by molar-refractivity contribution is -0.137. The second-order valence-corrected chi connectivity index (χ2v) is 13.2. The van der Waals surface area contributed by atoms with E-state index in [1.54, 1.807) is 0 Å². The molecule has 1 aromatic heterocycles. The molecule has 0 spiro atoms. The second kappa shape index (κ2) is 8.35. The molecule has 0 aliphatic carbocycles. The van der Waals surface area contributed by atoms with Crippen LogP contribution in [0.25, 0.3) is 11.0 Å². The number of unbranched alkanes of at least 4 members (excludes halogenated alkanes) is 1. The van der Waals surface area contributed by atoms with E-state index in [1.165, 1.54) is 6.07 Å². The van der Waals surface area contributed by atoms with Crippen LogP contribution in [-0.4, -0.2) is 30.5 Å². The number of aldehydes is 1. The Morgan fingerprint density at radius 2 is 2.00 bits per heavy atom. The molecule has 0 fully saturated rings. The number of carbonyl (C=O) groups excluding carboxylic acids is 1. The fraction of sp³-hybridized carbons (Fsp3) is 0.556. The Labute approximate surface area is 152 Å². The number of ether oxygens (including phenoxy) is 1. The van der Waals surface area contributed by atoms with Gasteiger partial charge in [-0.3, -0.25) is 0 Å². The minimum atomic E-state index is -4.40. The Hall–Kier alpha value is -1.67. The summed E-state index contributed by atoms with van der Waals surface area (Å²) in [6.07, 6.45) is -2.05. The van der Waals surface area contributed by atoms with Crippen molar-refractivity contribution in [1.82, 2.24) is 9.55 Å². The normalized spacial score (nSPS) is 12.7. The Bertz CT molecular complexity index is 751. The molecule has 0 saturated carbocycles. The zero-order valence-electron chi connectivity index (χ0n) is 15.4. The number of carbonyl (C=O) groups is 1. The topological polar surface area (TPSA) is 44.1 Å². The zero-order valence-corrected chi connectivity index (χ0v) is 16.4. The zero-order chi connectivity index (χ0) is 19.4. The molecular formula is C18H25F3N2O2Si. The molecule has 0 bridgehead atoms. The number of aromatic nitrogens is 2. The molecule has 1 aromatic carbocycles. The van der Waals surface area contributed by atoms with Gasteiger partial charge in [0.1, 0.15) is 18.8 Å². The summed E-state index contributed by atoms with van der Waals surface area (Å²) in [5, 5.41) is 0. The van der Waals surface area contributed by atoms with Gasteiger partial charge in [-0.25, -0.2) is 4.98 Å². The van der Waals surface area contributed by atoms with Gasteiger partial charge in [-0.1, -0.05) is 19.6 Å². The lowest BCUT2D eigenvalue weighted by Gasteiger charge is -2.16. The average molecular weight is 386 g/mol. The van der Waals surface area contributed by atoms with Crippen molar-refractivity contribution in [2.24, 2.45) is 0 Å². The van der Waals surface area contributed by atoms with Crippen LogP contribution in [0.4, 0.5) is 13.2 Å². The van der Waals surface area contributed by atoms with Crippen LogP contribution in [0.3, 0.4) is 0 Å². The Kier molecular flexibility index (Phi) is 6.62. The van der Waals surface area contributed by atoms with Crippen LogP contribution in [0.5, 0.6) is 0 Å². The van der Waals surface area contributed by atoms with Crippen LogP contribution >= 0.6 is 0 Å². The van der Waals surface area contributed by atoms with Gasteiger partial charge in [0.2, 0.25) is 0 Å². The van der Waals surface area contributed by atoms with E-state index in [2.05, 4.69) is 24.6 Å². The number of imidazole rings is 1. The number of hydrogen-bond donors (Lipinski definition) is 0. The van der Waals surface area contributed by atoms with Gasteiger partial charge in [0, 0.05) is 27.5 Å². The van der Waals surface area contributed by atoms with Gasteiger partial charge < -0.3 is 14.1 Å². The quantitative estimate of drug-likeness (QED) is 0.350. The van der Waals surface area contributed by atoms with Gasteiger partial charge >= 0.3 is 6.18 Å². The maximum absolute atomic E-state index is 12.9. The molecule has 0 aliphatic rings. The van der Waals surface area contributed by atoms with Crippen molar-refractivity contribution in [1.29, 1.82) is 0 Å². The van der Waals surface area contributed by atoms with E-state index >= 15 is 0 Å². The molecule has 0 atom stereocenters. The maximum Gasteiger partial charge on any atom is 0.416 e. The highest BCUT2D eigenvalue weighted by Gasteiger charge is 2.31. The van der Waals surface area contributed by atoms with E-state index in [9.17, 15) is 18.0 Å². The van der Waals surface area contributed by atoms with Gasteiger partial charge in [0.05, 0.1) is 16.6 Å². The van der Waals surface area contributed by atoms with Crippen LogP contribution in [0.2, 0.25) is 25.7 Å². The van der Waals surface area contributed by atoms with Crippen molar-refractivity contribution in [3.63, 3.8) is 0 Å². The van der Waals surface area contributed by atoms with Gasteiger partial charge in [0.15, 0.2) is 0 Å². The van der Waals surface area contributed by atoms with E-state index in [-0.39, 0.29) is 6.73 Å². The summed E-state index contributed by atoms with van der Waals surface area (Å²) in [7, 11) is -1.21. The van der Waals surface area contributed by atoms with Crippen LogP contribution < -0.4 is 0 Å². The van der Waals surface area contributed by atoms with E-state index in [0.717, 1.165) is 24.5 Å². The molecule has 0 unspecified atom stereocenters. The van der Waals surface area contributed by atoms with Crippen molar-refractivity contribution in [3.8, 4) is 0 Å². The van der Waals surface area contributed by atoms with E-state index in [0.29, 0.717) is 42.7 Å². The van der Waals surface area contributed by atoms with E-state index in [1.807, 2.05) is 4.57 Å². The Morgan fingerprint density at radius 3 is 2.62 bits per heavy atom. The SMILES string of the molecule is C[Si](C)(C)CCOCn1c(CCCC=O)nc2cc(C(F)(F)F)ccc21.